The minimum Gasteiger partial charge on any atom is -0.357 e. The van der Waals surface area contributed by atoms with Gasteiger partial charge in [0, 0.05) is 25.2 Å². The van der Waals surface area contributed by atoms with Crippen molar-refractivity contribution in [1.82, 2.24) is 20.4 Å². The van der Waals surface area contributed by atoms with E-state index in [0.29, 0.717) is 0 Å². The predicted octanol–water partition coefficient (Wildman–Crippen LogP) is 3.16. The van der Waals surface area contributed by atoms with Crippen molar-refractivity contribution in [3.8, 4) is 0 Å². The van der Waals surface area contributed by atoms with E-state index in [2.05, 4.69) is 48.1 Å². The Bertz CT molecular complexity index is 407. The highest BCUT2D eigenvalue weighted by Gasteiger charge is 2.28. The van der Waals surface area contributed by atoms with Gasteiger partial charge in [-0.2, -0.15) is 0 Å². The second-order valence-electron chi connectivity index (χ2n) is 8.39. The number of aliphatic imine (C=N–C) groups is 1. The maximum Gasteiger partial charge on any atom is 0.191 e. The Morgan fingerprint density at radius 1 is 1.08 bits per heavy atom. The highest BCUT2D eigenvalue weighted by atomic mass is 127. The van der Waals surface area contributed by atoms with Crippen LogP contribution < -0.4 is 10.6 Å². The van der Waals surface area contributed by atoms with Gasteiger partial charge in [-0.25, -0.2) is 0 Å². The van der Waals surface area contributed by atoms with Crippen LogP contribution in [0.4, 0.5) is 0 Å². The average molecular weight is 479 g/mol. The number of hydrogen-bond donors (Lipinski definition) is 2. The number of nitrogens with one attached hydrogen (secondary N) is 2. The molecular weight excluding hydrogens is 437 g/mol. The minimum absolute atomic E-state index is 0. The Morgan fingerprint density at radius 3 is 2.46 bits per heavy atom. The lowest BCUT2D eigenvalue weighted by molar-refractivity contribution is 0.102. The Kier molecular flexibility index (Phi) is 11.4. The molecule has 0 aromatic carbocycles. The summed E-state index contributed by atoms with van der Waals surface area (Å²) in [6.45, 7) is 18.1. The van der Waals surface area contributed by atoms with Crippen molar-refractivity contribution < 1.29 is 0 Å². The maximum absolute atomic E-state index is 4.92. The molecule has 0 radical (unpaired) electrons. The molecule has 154 valence electrons. The topological polar surface area (TPSA) is 42.9 Å². The quantitative estimate of drug-likeness (QED) is 0.319. The monoisotopic (exact) mass is 479 g/mol. The van der Waals surface area contributed by atoms with Gasteiger partial charge in [-0.1, -0.05) is 13.3 Å². The second kappa shape index (κ2) is 12.4. The lowest BCUT2D eigenvalue weighted by Gasteiger charge is -2.40. The van der Waals surface area contributed by atoms with Crippen LogP contribution in [0.25, 0.3) is 0 Å². The van der Waals surface area contributed by atoms with Crippen LogP contribution in [0.2, 0.25) is 0 Å². The molecule has 2 heterocycles. The molecule has 1 unspecified atom stereocenters. The fourth-order valence-electron chi connectivity index (χ4n) is 4.05. The second-order valence-corrected chi connectivity index (χ2v) is 8.39. The van der Waals surface area contributed by atoms with E-state index < -0.39 is 0 Å². The summed E-state index contributed by atoms with van der Waals surface area (Å²) >= 11 is 0. The van der Waals surface area contributed by atoms with E-state index in [9.17, 15) is 0 Å². The fraction of sp³-hybridized carbons (Fsp3) is 0.950. The Balaban J connectivity index is 0.00000338. The van der Waals surface area contributed by atoms with Gasteiger partial charge in [0.05, 0.1) is 6.54 Å². The average Bonchev–Trinajstić information content (AvgIpc) is 3.06. The molecule has 5 nitrogen and oxygen atoms in total. The molecule has 0 aromatic heterocycles. The summed E-state index contributed by atoms with van der Waals surface area (Å²) < 4.78 is 0. The largest absolute Gasteiger partial charge is 0.357 e. The van der Waals surface area contributed by atoms with Gasteiger partial charge < -0.3 is 15.5 Å². The van der Waals surface area contributed by atoms with Crippen molar-refractivity contribution in [3.63, 3.8) is 0 Å². The van der Waals surface area contributed by atoms with Crippen LogP contribution in [-0.4, -0.2) is 73.7 Å². The van der Waals surface area contributed by atoms with Crippen LogP contribution >= 0.6 is 24.0 Å². The molecule has 0 saturated carbocycles. The first-order valence-corrected chi connectivity index (χ1v) is 10.5. The Labute approximate surface area is 178 Å². The lowest BCUT2D eigenvalue weighted by Crippen LogP contribution is -2.49. The molecule has 2 aliphatic rings. The predicted molar refractivity (Wildman–Crippen MR) is 124 cm³/mol. The first-order chi connectivity index (χ1) is 12.0. The van der Waals surface area contributed by atoms with Crippen molar-refractivity contribution >= 4 is 29.9 Å². The van der Waals surface area contributed by atoms with Gasteiger partial charge in [0.2, 0.25) is 0 Å². The lowest BCUT2D eigenvalue weighted by atomic mass is 9.99. The third kappa shape index (κ3) is 7.89. The minimum atomic E-state index is 0. The van der Waals surface area contributed by atoms with Gasteiger partial charge in [0.15, 0.2) is 5.96 Å². The van der Waals surface area contributed by atoms with Crippen LogP contribution in [-0.2, 0) is 0 Å². The van der Waals surface area contributed by atoms with Crippen molar-refractivity contribution in [2.45, 2.75) is 65.3 Å². The number of halogens is 1. The highest BCUT2D eigenvalue weighted by Crippen LogP contribution is 2.21. The number of nitrogens with zero attached hydrogens (tertiary/aromatic N) is 3. The van der Waals surface area contributed by atoms with Crippen LogP contribution in [0.15, 0.2) is 4.99 Å². The van der Waals surface area contributed by atoms with E-state index in [0.717, 1.165) is 31.5 Å². The third-order valence-electron chi connectivity index (χ3n) is 5.65. The Morgan fingerprint density at radius 2 is 1.81 bits per heavy atom. The third-order valence-corrected chi connectivity index (χ3v) is 5.65. The highest BCUT2D eigenvalue weighted by molar-refractivity contribution is 14.0. The van der Waals surface area contributed by atoms with E-state index in [1.165, 1.54) is 64.8 Å². The fourth-order valence-corrected chi connectivity index (χ4v) is 4.05. The molecule has 1 atom stereocenters. The molecule has 2 fully saturated rings. The zero-order valence-corrected chi connectivity index (χ0v) is 19.8. The Hall–Kier alpha value is -0.0800. The van der Waals surface area contributed by atoms with E-state index in [-0.39, 0.29) is 29.5 Å². The molecule has 6 heteroatoms. The normalized spacial score (nSPS) is 22.9. The molecular formula is C20H42IN5. The first-order valence-electron chi connectivity index (χ1n) is 10.5. The van der Waals surface area contributed by atoms with Crippen LogP contribution in [0.3, 0.4) is 0 Å². The summed E-state index contributed by atoms with van der Waals surface area (Å²) in [5, 5.41) is 7.02. The van der Waals surface area contributed by atoms with Gasteiger partial charge in [0.1, 0.15) is 0 Å². The molecule has 2 saturated heterocycles. The standard InChI is InChI=1S/C20H41N5.HI/c1-5-11-24-14-10-18(16-24)15-22-19(21-6-2)23-17-20(3,4)25-12-8-7-9-13-25;/h18H,5-17H2,1-4H3,(H2,21,22,23);1H. The van der Waals surface area contributed by atoms with Crippen LogP contribution in [0.5, 0.6) is 0 Å². The summed E-state index contributed by atoms with van der Waals surface area (Å²) in [6, 6.07) is 0. The summed E-state index contributed by atoms with van der Waals surface area (Å²) in [7, 11) is 0. The molecule has 2 rings (SSSR count). The zero-order valence-electron chi connectivity index (χ0n) is 17.5. The van der Waals surface area contributed by atoms with Gasteiger partial charge in [-0.3, -0.25) is 9.89 Å². The number of guanidine groups is 1. The molecule has 0 amide bonds. The zero-order chi connectivity index (χ0) is 18.1. The van der Waals surface area contributed by atoms with E-state index in [4.69, 9.17) is 4.99 Å². The van der Waals surface area contributed by atoms with Gasteiger partial charge in [-0.05, 0) is 78.6 Å². The molecule has 0 aromatic rings. The molecule has 0 aliphatic carbocycles. The van der Waals surface area contributed by atoms with Gasteiger partial charge in [0.25, 0.3) is 0 Å². The van der Waals surface area contributed by atoms with Crippen molar-refractivity contribution in [2.75, 3.05) is 52.4 Å². The van der Waals surface area contributed by atoms with Gasteiger partial charge in [-0.15, -0.1) is 24.0 Å². The van der Waals surface area contributed by atoms with Crippen molar-refractivity contribution in [3.05, 3.63) is 0 Å². The van der Waals surface area contributed by atoms with E-state index in [1.54, 1.807) is 0 Å². The maximum atomic E-state index is 4.92. The summed E-state index contributed by atoms with van der Waals surface area (Å²) in [4.78, 5) is 10.1. The first kappa shape index (κ1) is 24.0. The summed E-state index contributed by atoms with van der Waals surface area (Å²) in [6.07, 6.45) is 6.63. The van der Waals surface area contributed by atoms with Gasteiger partial charge >= 0.3 is 0 Å². The van der Waals surface area contributed by atoms with Crippen LogP contribution in [0, 0.1) is 5.92 Å². The van der Waals surface area contributed by atoms with Crippen molar-refractivity contribution in [1.29, 1.82) is 0 Å². The van der Waals surface area contributed by atoms with Crippen molar-refractivity contribution in [2.24, 2.45) is 10.9 Å². The number of hydrogen-bond acceptors (Lipinski definition) is 3. The van der Waals surface area contributed by atoms with E-state index in [1.807, 2.05) is 0 Å². The number of likely N-dealkylation sites (tertiary alicyclic amines) is 2. The molecule has 2 N–H and O–H groups in total. The molecule has 2 aliphatic heterocycles. The molecule has 0 spiro atoms. The van der Waals surface area contributed by atoms with E-state index >= 15 is 0 Å². The molecule has 26 heavy (non-hydrogen) atoms. The smallest absolute Gasteiger partial charge is 0.191 e. The summed E-state index contributed by atoms with van der Waals surface area (Å²) in [5.41, 5.74) is 0.147. The summed E-state index contributed by atoms with van der Waals surface area (Å²) in [5.74, 6) is 1.74. The number of piperidine rings is 1. The number of rotatable bonds is 8. The SMILES string of the molecule is CCCN1CCC(CNC(=NCC(C)(C)N2CCCCC2)NCC)C1.I. The van der Waals surface area contributed by atoms with Crippen LogP contribution in [0.1, 0.15) is 59.8 Å². The molecule has 0 bridgehead atoms.